The summed E-state index contributed by atoms with van der Waals surface area (Å²) in [6, 6.07) is 14.8. The third kappa shape index (κ3) is 4.91. The SMILES string of the molecule is Cc1ccc(Cn2nc(C(=O)Nc3ccccc3OC(F)(F)F)cc2C)cc1. The van der Waals surface area contributed by atoms with E-state index in [1.165, 1.54) is 18.2 Å². The van der Waals surface area contributed by atoms with Crippen LogP contribution >= 0.6 is 0 Å². The van der Waals surface area contributed by atoms with Gasteiger partial charge in [-0.2, -0.15) is 5.10 Å². The number of carbonyl (C=O) groups is 1. The molecule has 0 spiro atoms. The van der Waals surface area contributed by atoms with E-state index in [0.717, 1.165) is 22.9 Å². The molecule has 146 valence electrons. The zero-order valence-corrected chi connectivity index (χ0v) is 15.2. The van der Waals surface area contributed by atoms with E-state index in [4.69, 9.17) is 0 Å². The molecule has 0 saturated heterocycles. The zero-order valence-electron chi connectivity index (χ0n) is 15.2. The second-order valence-corrected chi connectivity index (χ2v) is 6.31. The number of hydrogen-bond donors (Lipinski definition) is 1. The van der Waals surface area contributed by atoms with Crippen LogP contribution in [0.25, 0.3) is 0 Å². The first-order chi connectivity index (χ1) is 13.2. The summed E-state index contributed by atoms with van der Waals surface area (Å²) in [5, 5.41) is 6.69. The number of anilines is 1. The van der Waals surface area contributed by atoms with E-state index in [1.807, 2.05) is 31.2 Å². The average molecular weight is 389 g/mol. The number of benzene rings is 2. The van der Waals surface area contributed by atoms with Crippen molar-refractivity contribution in [3.05, 3.63) is 77.1 Å². The quantitative estimate of drug-likeness (QED) is 0.688. The molecular formula is C20H18F3N3O2. The highest BCUT2D eigenvalue weighted by Crippen LogP contribution is 2.30. The molecule has 1 aromatic heterocycles. The molecule has 0 fully saturated rings. The van der Waals surface area contributed by atoms with Gasteiger partial charge in [-0.25, -0.2) is 0 Å². The predicted octanol–water partition coefficient (Wildman–Crippen LogP) is 4.70. The highest BCUT2D eigenvalue weighted by molar-refractivity contribution is 6.03. The highest BCUT2D eigenvalue weighted by Gasteiger charge is 2.32. The van der Waals surface area contributed by atoms with Gasteiger partial charge in [0.15, 0.2) is 11.4 Å². The molecule has 0 bridgehead atoms. The first kappa shape index (κ1) is 19.5. The van der Waals surface area contributed by atoms with Crippen molar-refractivity contribution in [2.24, 2.45) is 0 Å². The van der Waals surface area contributed by atoms with Gasteiger partial charge in [-0.1, -0.05) is 42.0 Å². The molecule has 0 aliphatic rings. The van der Waals surface area contributed by atoms with Crippen LogP contribution in [0.15, 0.2) is 54.6 Å². The van der Waals surface area contributed by atoms with Crippen LogP contribution in [0.2, 0.25) is 0 Å². The Morgan fingerprint density at radius 1 is 1.11 bits per heavy atom. The maximum absolute atomic E-state index is 12.5. The van der Waals surface area contributed by atoms with Crippen LogP contribution < -0.4 is 10.1 Å². The number of alkyl halides is 3. The molecule has 3 aromatic rings. The summed E-state index contributed by atoms with van der Waals surface area (Å²) in [5.41, 5.74) is 2.93. The third-order valence-electron chi connectivity index (χ3n) is 4.03. The molecule has 0 atom stereocenters. The molecule has 8 heteroatoms. The van der Waals surface area contributed by atoms with Crippen LogP contribution in [0, 0.1) is 13.8 Å². The molecule has 3 rings (SSSR count). The van der Waals surface area contributed by atoms with E-state index < -0.39 is 18.0 Å². The number of para-hydroxylation sites is 2. The summed E-state index contributed by atoms with van der Waals surface area (Å²) in [6.07, 6.45) is -4.85. The van der Waals surface area contributed by atoms with Crippen molar-refractivity contribution in [1.29, 1.82) is 0 Å². The number of aryl methyl sites for hydroxylation is 2. The third-order valence-corrected chi connectivity index (χ3v) is 4.03. The normalized spacial score (nSPS) is 11.3. The molecule has 1 amide bonds. The van der Waals surface area contributed by atoms with Gasteiger partial charge in [-0.05, 0) is 37.6 Å². The van der Waals surface area contributed by atoms with Crippen LogP contribution in [-0.2, 0) is 6.54 Å². The summed E-state index contributed by atoms with van der Waals surface area (Å²) >= 11 is 0. The number of ether oxygens (including phenoxy) is 1. The van der Waals surface area contributed by atoms with E-state index in [1.54, 1.807) is 17.7 Å². The van der Waals surface area contributed by atoms with Gasteiger partial charge in [-0.15, -0.1) is 13.2 Å². The summed E-state index contributed by atoms with van der Waals surface area (Å²) in [5.74, 6) is -1.11. The van der Waals surface area contributed by atoms with Crippen molar-refractivity contribution < 1.29 is 22.7 Å². The minimum atomic E-state index is -4.85. The Balaban J connectivity index is 1.76. The lowest BCUT2D eigenvalue weighted by Crippen LogP contribution is -2.20. The van der Waals surface area contributed by atoms with Gasteiger partial charge in [0, 0.05) is 5.69 Å². The van der Waals surface area contributed by atoms with Gasteiger partial charge < -0.3 is 10.1 Å². The Kier molecular flexibility index (Phi) is 5.39. The second kappa shape index (κ2) is 7.75. The van der Waals surface area contributed by atoms with Crippen LogP contribution in [-0.4, -0.2) is 22.1 Å². The monoisotopic (exact) mass is 389 g/mol. The smallest absolute Gasteiger partial charge is 0.404 e. The zero-order chi connectivity index (χ0) is 20.3. The molecule has 0 unspecified atom stereocenters. The van der Waals surface area contributed by atoms with Crippen molar-refractivity contribution in [1.82, 2.24) is 9.78 Å². The van der Waals surface area contributed by atoms with Crippen LogP contribution in [0.4, 0.5) is 18.9 Å². The molecular weight excluding hydrogens is 371 g/mol. The Morgan fingerprint density at radius 2 is 1.79 bits per heavy atom. The van der Waals surface area contributed by atoms with Gasteiger partial charge in [0.2, 0.25) is 0 Å². The maximum Gasteiger partial charge on any atom is 0.573 e. The Morgan fingerprint density at radius 3 is 2.46 bits per heavy atom. The molecule has 0 radical (unpaired) electrons. The minimum absolute atomic E-state index is 0.0874. The second-order valence-electron chi connectivity index (χ2n) is 6.31. The number of nitrogens with one attached hydrogen (secondary N) is 1. The van der Waals surface area contributed by atoms with E-state index in [9.17, 15) is 18.0 Å². The summed E-state index contributed by atoms with van der Waals surface area (Å²) < 4.78 is 43.2. The Bertz CT molecular complexity index is 979. The van der Waals surface area contributed by atoms with Gasteiger partial charge in [0.25, 0.3) is 5.91 Å². The molecule has 0 saturated carbocycles. The fourth-order valence-electron chi connectivity index (χ4n) is 2.62. The first-order valence-electron chi connectivity index (χ1n) is 8.47. The predicted molar refractivity (Wildman–Crippen MR) is 98.3 cm³/mol. The fraction of sp³-hybridized carbons (Fsp3) is 0.200. The molecule has 0 aliphatic carbocycles. The Hall–Kier alpha value is -3.29. The van der Waals surface area contributed by atoms with Crippen molar-refractivity contribution in [2.75, 3.05) is 5.32 Å². The average Bonchev–Trinajstić information content (AvgIpc) is 2.98. The minimum Gasteiger partial charge on any atom is -0.404 e. The Labute approximate surface area is 159 Å². The fourth-order valence-corrected chi connectivity index (χ4v) is 2.62. The van der Waals surface area contributed by atoms with Gasteiger partial charge in [0.1, 0.15) is 0 Å². The van der Waals surface area contributed by atoms with Crippen molar-refractivity contribution >= 4 is 11.6 Å². The summed E-state index contributed by atoms with van der Waals surface area (Å²) in [6.45, 7) is 4.28. The topological polar surface area (TPSA) is 56.2 Å². The summed E-state index contributed by atoms with van der Waals surface area (Å²) in [7, 11) is 0. The van der Waals surface area contributed by atoms with E-state index in [0.29, 0.717) is 6.54 Å². The number of halogens is 3. The lowest BCUT2D eigenvalue weighted by atomic mass is 10.1. The number of hydrogen-bond acceptors (Lipinski definition) is 3. The number of carbonyl (C=O) groups excluding carboxylic acids is 1. The molecule has 2 aromatic carbocycles. The number of aromatic nitrogens is 2. The van der Waals surface area contributed by atoms with Gasteiger partial charge >= 0.3 is 6.36 Å². The van der Waals surface area contributed by atoms with E-state index >= 15 is 0 Å². The lowest BCUT2D eigenvalue weighted by molar-refractivity contribution is -0.274. The highest BCUT2D eigenvalue weighted by atomic mass is 19.4. The van der Waals surface area contributed by atoms with Crippen LogP contribution in [0.3, 0.4) is 0 Å². The largest absolute Gasteiger partial charge is 0.573 e. The number of rotatable bonds is 5. The molecule has 1 N–H and O–H groups in total. The van der Waals surface area contributed by atoms with Gasteiger partial charge in [-0.3, -0.25) is 9.48 Å². The number of nitrogens with zero attached hydrogens (tertiary/aromatic N) is 2. The lowest BCUT2D eigenvalue weighted by Gasteiger charge is -2.13. The van der Waals surface area contributed by atoms with E-state index in [2.05, 4.69) is 15.2 Å². The van der Waals surface area contributed by atoms with E-state index in [-0.39, 0.29) is 11.4 Å². The molecule has 1 heterocycles. The maximum atomic E-state index is 12.5. The first-order valence-corrected chi connectivity index (χ1v) is 8.47. The van der Waals surface area contributed by atoms with Crippen molar-refractivity contribution in [3.63, 3.8) is 0 Å². The molecule has 28 heavy (non-hydrogen) atoms. The standard InChI is InChI=1S/C20H18F3N3O2/c1-13-7-9-15(10-8-13)12-26-14(2)11-17(25-26)19(27)24-16-5-3-4-6-18(16)28-20(21,22)23/h3-11H,12H2,1-2H3,(H,24,27). The molecule has 0 aliphatic heterocycles. The van der Waals surface area contributed by atoms with Crippen LogP contribution in [0.5, 0.6) is 5.75 Å². The number of amides is 1. The van der Waals surface area contributed by atoms with Crippen molar-refractivity contribution in [2.45, 2.75) is 26.8 Å². The molecule has 5 nitrogen and oxygen atoms in total. The van der Waals surface area contributed by atoms with Gasteiger partial charge in [0.05, 0.1) is 12.2 Å². The summed E-state index contributed by atoms with van der Waals surface area (Å²) in [4.78, 5) is 12.5. The van der Waals surface area contributed by atoms with Crippen LogP contribution in [0.1, 0.15) is 27.3 Å². The van der Waals surface area contributed by atoms with Crippen molar-refractivity contribution in [3.8, 4) is 5.75 Å².